The summed E-state index contributed by atoms with van der Waals surface area (Å²) in [4.78, 5) is 12.1. The van der Waals surface area contributed by atoms with Crippen LogP contribution in [-0.2, 0) is 9.53 Å². The number of esters is 1. The number of rotatable bonds is 3. The van der Waals surface area contributed by atoms with Crippen LogP contribution in [0.15, 0.2) is 24.3 Å². The second-order valence-electron chi connectivity index (χ2n) is 4.76. The first-order chi connectivity index (χ1) is 8.68. The number of ether oxygens (including phenoxy) is 1. The molecule has 1 saturated heterocycles. The van der Waals surface area contributed by atoms with Crippen LogP contribution in [0.4, 0.5) is 5.69 Å². The Morgan fingerprint density at radius 2 is 2.00 bits per heavy atom. The highest BCUT2D eigenvalue weighted by Gasteiger charge is 2.40. The predicted octanol–water partition coefficient (Wildman–Crippen LogP) is 1.70. The molecule has 1 aliphatic rings. The lowest BCUT2D eigenvalue weighted by Crippen LogP contribution is -2.54. The number of anilines is 1. The van der Waals surface area contributed by atoms with E-state index in [1.807, 2.05) is 31.2 Å². The first kappa shape index (κ1) is 12.9. The van der Waals surface area contributed by atoms with Gasteiger partial charge in [-0.2, -0.15) is 0 Å². The average molecular weight is 248 g/mol. The number of piperidine rings is 1. The van der Waals surface area contributed by atoms with Crippen molar-refractivity contribution in [2.75, 3.05) is 25.5 Å². The number of para-hydroxylation sites is 1. The second-order valence-corrected chi connectivity index (χ2v) is 4.76. The minimum atomic E-state index is -0.591. The maximum atomic E-state index is 12.1. The lowest BCUT2D eigenvalue weighted by molar-refractivity contribution is -0.147. The molecule has 4 nitrogen and oxygen atoms in total. The van der Waals surface area contributed by atoms with Gasteiger partial charge in [-0.25, -0.2) is 4.79 Å². The van der Waals surface area contributed by atoms with Crippen LogP contribution in [0.1, 0.15) is 18.4 Å². The van der Waals surface area contributed by atoms with Crippen molar-refractivity contribution in [2.45, 2.75) is 25.3 Å². The number of hydrogen-bond acceptors (Lipinski definition) is 4. The molecule has 1 heterocycles. The summed E-state index contributed by atoms with van der Waals surface area (Å²) in [6, 6.07) is 8.01. The summed E-state index contributed by atoms with van der Waals surface area (Å²) in [7, 11) is 1.45. The molecular formula is C14H20N2O2. The second kappa shape index (κ2) is 5.40. The number of carbonyl (C=O) groups excluding carboxylic acids is 1. The predicted molar refractivity (Wildman–Crippen MR) is 71.7 cm³/mol. The highest BCUT2D eigenvalue weighted by Crippen LogP contribution is 2.27. The maximum absolute atomic E-state index is 12.1. The van der Waals surface area contributed by atoms with Gasteiger partial charge < -0.3 is 15.4 Å². The molecule has 0 aromatic heterocycles. The van der Waals surface area contributed by atoms with Gasteiger partial charge in [-0.15, -0.1) is 0 Å². The molecule has 1 aromatic carbocycles. The fourth-order valence-corrected chi connectivity index (χ4v) is 2.40. The van der Waals surface area contributed by atoms with E-state index < -0.39 is 5.54 Å². The van der Waals surface area contributed by atoms with Gasteiger partial charge in [-0.3, -0.25) is 0 Å². The quantitative estimate of drug-likeness (QED) is 0.799. The molecule has 0 aliphatic carbocycles. The molecule has 0 atom stereocenters. The van der Waals surface area contributed by atoms with E-state index in [-0.39, 0.29) is 5.97 Å². The lowest BCUT2D eigenvalue weighted by atomic mass is 9.87. The van der Waals surface area contributed by atoms with Gasteiger partial charge in [0, 0.05) is 5.69 Å². The summed E-state index contributed by atoms with van der Waals surface area (Å²) in [5.41, 5.74) is 1.55. The van der Waals surface area contributed by atoms with Crippen LogP contribution in [0.3, 0.4) is 0 Å². The fourth-order valence-electron chi connectivity index (χ4n) is 2.40. The number of hydrogen-bond donors (Lipinski definition) is 2. The Morgan fingerprint density at radius 1 is 1.33 bits per heavy atom. The molecule has 0 bridgehead atoms. The van der Waals surface area contributed by atoms with E-state index in [2.05, 4.69) is 10.6 Å². The van der Waals surface area contributed by atoms with Crippen LogP contribution in [0.25, 0.3) is 0 Å². The van der Waals surface area contributed by atoms with Gasteiger partial charge in [0.05, 0.1) is 7.11 Å². The van der Waals surface area contributed by atoms with Crippen LogP contribution < -0.4 is 10.6 Å². The van der Waals surface area contributed by atoms with Crippen molar-refractivity contribution < 1.29 is 9.53 Å². The molecule has 2 rings (SSSR count). The Labute approximate surface area is 108 Å². The normalized spacial score (nSPS) is 18.1. The Kier molecular flexibility index (Phi) is 3.87. The number of aryl methyl sites for hydroxylation is 1. The van der Waals surface area contributed by atoms with Crippen molar-refractivity contribution in [3.8, 4) is 0 Å². The van der Waals surface area contributed by atoms with Crippen LogP contribution in [0.2, 0.25) is 0 Å². The molecule has 0 saturated carbocycles. The standard InChI is InChI=1S/C14H20N2O2/c1-11-5-3-4-6-12(11)16-14(13(17)18-2)7-9-15-10-8-14/h3-6,15-16H,7-10H2,1-2H3. The average Bonchev–Trinajstić information content (AvgIpc) is 2.41. The summed E-state index contributed by atoms with van der Waals surface area (Å²) in [5.74, 6) is -0.174. The monoisotopic (exact) mass is 248 g/mol. The van der Waals surface area contributed by atoms with Crippen molar-refractivity contribution in [1.82, 2.24) is 5.32 Å². The van der Waals surface area contributed by atoms with Crippen molar-refractivity contribution >= 4 is 11.7 Å². The molecule has 18 heavy (non-hydrogen) atoms. The van der Waals surface area contributed by atoms with E-state index in [0.717, 1.165) is 37.2 Å². The number of carbonyl (C=O) groups is 1. The van der Waals surface area contributed by atoms with E-state index in [0.29, 0.717) is 0 Å². The van der Waals surface area contributed by atoms with Crippen molar-refractivity contribution in [3.63, 3.8) is 0 Å². The van der Waals surface area contributed by atoms with Crippen LogP contribution in [0.5, 0.6) is 0 Å². The number of nitrogens with one attached hydrogen (secondary N) is 2. The molecule has 0 unspecified atom stereocenters. The third-order valence-electron chi connectivity index (χ3n) is 3.55. The molecular weight excluding hydrogens is 228 g/mol. The molecule has 0 amide bonds. The SMILES string of the molecule is COC(=O)C1(Nc2ccccc2C)CCNCC1. The van der Waals surface area contributed by atoms with Crippen molar-refractivity contribution in [2.24, 2.45) is 0 Å². The summed E-state index contributed by atoms with van der Waals surface area (Å²) >= 11 is 0. The van der Waals surface area contributed by atoms with Gasteiger partial charge in [0.1, 0.15) is 5.54 Å². The summed E-state index contributed by atoms with van der Waals surface area (Å²) in [6.07, 6.45) is 1.49. The Hall–Kier alpha value is -1.55. The molecule has 0 spiro atoms. The smallest absolute Gasteiger partial charge is 0.331 e. The molecule has 1 aliphatic heterocycles. The topological polar surface area (TPSA) is 50.4 Å². The lowest BCUT2D eigenvalue weighted by Gasteiger charge is -2.36. The Balaban J connectivity index is 2.25. The van der Waals surface area contributed by atoms with Crippen molar-refractivity contribution in [3.05, 3.63) is 29.8 Å². The van der Waals surface area contributed by atoms with Crippen LogP contribution in [0, 0.1) is 6.92 Å². The highest BCUT2D eigenvalue weighted by atomic mass is 16.5. The molecule has 1 fully saturated rings. The van der Waals surface area contributed by atoms with Gasteiger partial charge in [0.25, 0.3) is 0 Å². The zero-order valence-corrected chi connectivity index (χ0v) is 11.0. The summed E-state index contributed by atoms with van der Waals surface area (Å²) < 4.78 is 4.98. The van der Waals surface area contributed by atoms with E-state index in [1.165, 1.54) is 7.11 Å². The van der Waals surface area contributed by atoms with Gasteiger partial charge in [-0.05, 0) is 44.5 Å². The van der Waals surface area contributed by atoms with Crippen molar-refractivity contribution in [1.29, 1.82) is 0 Å². The molecule has 2 N–H and O–H groups in total. The van der Waals surface area contributed by atoms with Gasteiger partial charge in [-0.1, -0.05) is 18.2 Å². The minimum Gasteiger partial charge on any atom is -0.467 e. The Morgan fingerprint density at radius 3 is 2.61 bits per heavy atom. The van der Waals surface area contributed by atoms with Gasteiger partial charge in [0.2, 0.25) is 0 Å². The maximum Gasteiger partial charge on any atom is 0.331 e. The zero-order chi connectivity index (χ0) is 13.0. The van der Waals surface area contributed by atoms with E-state index in [9.17, 15) is 4.79 Å². The van der Waals surface area contributed by atoms with Crippen LogP contribution >= 0.6 is 0 Å². The first-order valence-corrected chi connectivity index (χ1v) is 6.31. The van der Waals surface area contributed by atoms with E-state index in [1.54, 1.807) is 0 Å². The summed E-state index contributed by atoms with van der Waals surface area (Å²) in [5, 5.41) is 6.67. The largest absolute Gasteiger partial charge is 0.467 e. The number of methoxy groups -OCH3 is 1. The van der Waals surface area contributed by atoms with Gasteiger partial charge in [0.15, 0.2) is 0 Å². The number of benzene rings is 1. The van der Waals surface area contributed by atoms with E-state index in [4.69, 9.17) is 4.74 Å². The molecule has 1 aromatic rings. The molecule has 4 heteroatoms. The zero-order valence-electron chi connectivity index (χ0n) is 11.0. The Bertz CT molecular complexity index is 426. The highest BCUT2D eigenvalue weighted by molar-refractivity contribution is 5.85. The van der Waals surface area contributed by atoms with Gasteiger partial charge >= 0.3 is 5.97 Å². The first-order valence-electron chi connectivity index (χ1n) is 6.31. The third-order valence-corrected chi connectivity index (χ3v) is 3.55. The summed E-state index contributed by atoms with van der Waals surface area (Å²) in [6.45, 7) is 3.69. The minimum absolute atomic E-state index is 0.174. The third kappa shape index (κ3) is 2.48. The molecule has 0 radical (unpaired) electrons. The molecule has 98 valence electrons. The fraction of sp³-hybridized carbons (Fsp3) is 0.500. The van der Waals surface area contributed by atoms with Crippen LogP contribution in [-0.4, -0.2) is 31.7 Å². The van der Waals surface area contributed by atoms with E-state index >= 15 is 0 Å².